The molecule has 3 rings (SSSR count). The van der Waals surface area contributed by atoms with Crippen LogP contribution in [0.4, 0.5) is 25.0 Å². The van der Waals surface area contributed by atoms with E-state index in [1.807, 2.05) is 17.5 Å². The van der Waals surface area contributed by atoms with Gasteiger partial charge in [0.1, 0.15) is 5.75 Å². The van der Waals surface area contributed by atoms with Crippen molar-refractivity contribution in [3.8, 4) is 5.75 Å². The molecular weight excluding hydrogens is 504 g/mol. The van der Waals surface area contributed by atoms with Crippen LogP contribution in [-0.4, -0.2) is 33.6 Å². The Morgan fingerprint density at radius 2 is 1.86 bits per heavy atom. The van der Waals surface area contributed by atoms with Crippen LogP contribution in [0.1, 0.15) is 22.2 Å². The van der Waals surface area contributed by atoms with Crippen LogP contribution in [0.3, 0.4) is 0 Å². The zero-order valence-corrected chi connectivity index (χ0v) is 20.0. The van der Waals surface area contributed by atoms with Gasteiger partial charge >= 0.3 is 16.3 Å². The van der Waals surface area contributed by atoms with Crippen molar-refractivity contribution >= 4 is 44.9 Å². The summed E-state index contributed by atoms with van der Waals surface area (Å²) in [6, 6.07) is 10.4. The van der Waals surface area contributed by atoms with Gasteiger partial charge in [0, 0.05) is 28.6 Å². The Morgan fingerprint density at radius 1 is 1.06 bits per heavy atom. The van der Waals surface area contributed by atoms with Gasteiger partial charge in [-0.2, -0.15) is 8.42 Å². The molecule has 0 spiro atoms. The van der Waals surface area contributed by atoms with E-state index in [4.69, 9.17) is 9.47 Å². The molecule has 0 radical (unpaired) electrons. The lowest BCUT2D eigenvalue weighted by Crippen LogP contribution is -2.36. The molecular formula is C22H21F2N3O6S2. The highest BCUT2D eigenvalue weighted by Gasteiger charge is 2.20. The Hall–Kier alpha value is -3.71. The molecule has 0 aliphatic heterocycles. The van der Waals surface area contributed by atoms with Crippen molar-refractivity contribution in [2.24, 2.45) is 0 Å². The maximum atomic E-state index is 13.4. The molecule has 2 aromatic carbocycles. The molecule has 0 fully saturated rings. The lowest BCUT2D eigenvalue weighted by atomic mass is 10.1. The fourth-order valence-corrected chi connectivity index (χ4v) is 4.29. The molecule has 9 nitrogen and oxygen atoms in total. The Bertz CT molecular complexity index is 1300. The first kappa shape index (κ1) is 25.9. The fraction of sp³-hybridized carbons (Fsp3) is 0.182. The largest absolute Gasteiger partial charge is 0.492 e. The van der Waals surface area contributed by atoms with Crippen molar-refractivity contribution < 1.29 is 36.3 Å². The number of nitrogens with one attached hydrogen (secondary N) is 3. The molecule has 0 unspecified atom stereocenters. The lowest BCUT2D eigenvalue weighted by molar-refractivity contribution is 0.102. The van der Waals surface area contributed by atoms with E-state index >= 15 is 0 Å². The third kappa shape index (κ3) is 7.65. The van der Waals surface area contributed by atoms with Gasteiger partial charge in [0.25, 0.3) is 5.91 Å². The first-order chi connectivity index (χ1) is 16.7. The van der Waals surface area contributed by atoms with E-state index in [9.17, 15) is 26.8 Å². The standard InChI is InChI=1S/C22H21F2N3O6S2/c1-2-32-20-8-5-14(21(28)25-15-6-7-17(23)18(24)13-15)12-19(20)26-35(30,31)27-22(29)33-10-9-16-4-3-11-34-16/h3-8,11-13,26H,2,9-10H2,1H3,(H,25,28)(H,27,29). The second kappa shape index (κ2) is 11.6. The van der Waals surface area contributed by atoms with Gasteiger partial charge in [0.15, 0.2) is 11.6 Å². The first-order valence-corrected chi connectivity index (χ1v) is 12.6. The van der Waals surface area contributed by atoms with E-state index < -0.39 is 33.8 Å². The Balaban J connectivity index is 1.68. The number of rotatable bonds is 10. The molecule has 1 aromatic heterocycles. The van der Waals surface area contributed by atoms with Crippen LogP contribution in [0.15, 0.2) is 53.9 Å². The van der Waals surface area contributed by atoms with Crippen LogP contribution in [0.5, 0.6) is 5.75 Å². The predicted molar refractivity (Wildman–Crippen MR) is 127 cm³/mol. The van der Waals surface area contributed by atoms with Gasteiger partial charge in [-0.3, -0.25) is 9.52 Å². The Labute approximate surface area is 204 Å². The zero-order chi connectivity index (χ0) is 25.4. The zero-order valence-electron chi connectivity index (χ0n) is 18.3. The first-order valence-electron chi connectivity index (χ1n) is 10.2. The summed E-state index contributed by atoms with van der Waals surface area (Å²) in [4.78, 5) is 25.4. The lowest BCUT2D eigenvalue weighted by Gasteiger charge is -2.15. The van der Waals surface area contributed by atoms with Crippen molar-refractivity contribution in [2.45, 2.75) is 13.3 Å². The van der Waals surface area contributed by atoms with Crippen LogP contribution in [0.2, 0.25) is 0 Å². The molecule has 0 aliphatic rings. The third-order valence-corrected chi connectivity index (χ3v) is 6.20. The number of hydrogen-bond acceptors (Lipinski definition) is 7. The Morgan fingerprint density at radius 3 is 2.54 bits per heavy atom. The van der Waals surface area contributed by atoms with Crippen molar-refractivity contribution in [1.29, 1.82) is 0 Å². The molecule has 13 heteroatoms. The predicted octanol–water partition coefficient (Wildman–Crippen LogP) is 4.30. The van der Waals surface area contributed by atoms with Crippen LogP contribution < -0.4 is 19.5 Å². The highest BCUT2D eigenvalue weighted by atomic mass is 32.2. The van der Waals surface area contributed by atoms with E-state index in [1.54, 1.807) is 11.6 Å². The number of carbonyl (C=O) groups excluding carboxylic acids is 2. The number of hydrogen-bond donors (Lipinski definition) is 3. The van der Waals surface area contributed by atoms with E-state index in [1.165, 1.54) is 35.6 Å². The number of benzene rings is 2. The average Bonchev–Trinajstić information content (AvgIpc) is 3.30. The molecule has 3 aromatic rings. The second-order valence-corrected chi connectivity index (χ2v) is 9.35. The van der Waals surface area contributed by atoms with Gasteiger partial charge in [-0.05, 0) is 48.7 Å². The molecule has 0 bridgehead atoms. The van der Waals surface area contributed by atoms with Crippen molar-refractivity contribution in [1.82, 2.24) is 4.72 Å². The SMILES string of the molecule is CCOc1ccc(C(=O)Nc2ccc(F)c(F)c2)cc1NS(=O)(=O)NC(=O)OCCc1cccs1. The number of carbonyl (C=O) groups is 2. The molecule has 0 atom stereocenters. The number of ether oxygens (including phenoxy) is 2. The monoisotopic (exact) mass is 525 g/mol. The minimum atomic E-state index is -4.45. The van der Waals surface area contributed by atoms with Gasteiger partial charge in [0.2, 0.25) is 0 Å². The fourth-order valence-electron chi connectivity index (χ4n) is 2.82. The summed E-state index contributed by atoms with van der Waals surface area (Å²) in [5.74, 6) is -2.84. The van der Waals surface area contributed by atoms with Gasteiger partial charge in [-0.25, -0.2) is 18.3 Å². The van der Waals surface area contributed by atoms with Crippen molar-refractivity contribution in [3.05, 3.63) is 76.0 Å². The molecule has 0 saturated carbocycles. The average molecular weight is 526 g/mol. The minimum Gasteiger partial charge on any atom is -0.492 e. The normalized spacial score (nSPS) is 10.9. The van der Waals surface area contributed by atoms with Crippen LogP contribution in [0, 0.1) is 11.6 Å². The van der Waals surface area contributed by atoms with Gasteiger partial charge in [-0.1, -0.05) is 6.07 Å². The summed E-state index contributed by atoms with van der Waals surface area (Å²) in [5, 5.41) is 4.25. The van der Waals surface area contributed by atoms with Crippen molar-refractivity contribution in [2.75, 3.05) is 23.3 Å². The summed E-state index contributed by atoms with van der Waals surface area (Å²) >= 11 is 1.48. The summed E-state index contributed by atoms with van der Waals surface area (Å²) in [6.45, 7) is 1.84. The van der Waals surface area contributed by atoms with E-state index in [0.717, 1.165) is 17.0 Å². The van der Waals surface area contributed by atoms with Gasteiger partial charge in [0.05, 0.1) is 18.9 Å². The van der Waals surface area contributed by atoms with Crippen LogP contribution in [0.25, 0.3) is 0 Å². The number of amides is 2. The van der Waals surface area contributed by atoms with E-state index in [2.05, 4.69) is 10.0 Å². The number of thiophene rings is 1. The number of halogens is 2. The van der Waals surface area contributed by atoms with Crippen LogP contribution in [-0.2, 0) is 21.4 Å². The maximum absolute atomic E-state index is 13.4. The Kier molecular flexibility index (Phi) is 8.60. The molecule has 186 valence electrons. The summed E-state index contributed by atoms with van der Waals surface area (Å²) in [6.07, 6.45) is -0.749. The molecule has 0 saturated heterocycles. The van der Waals surface area contributed by atoms with Gasteiger partial charge in [-0.15, -0.1) is 11.3 Å². The van der Waals surface area contributed by atoms with Crippen LogP contribution >= 0.6 is 11.3 Å². The molecule has 1 heterocycles. The van der Waals surface area contributed by atoms with E-state index in [-0.39, 0.29) is 35.9 Å². The quantitative estimate of drug-likeness (QED) is 0.363. The molecule has 2 amide bonds. The number of anilines is 2. The maximum Gasteiger partial charge on any atom is 0.422 e. The third-order valence-electron chi connectivity index (χ3n) is 4.34. The molecule has 0 aliphatic carbocycles. The molecule has 3 N–H and O–H groups in total. The summed E-state index contributed by atoms with van der Waals surface area (Å²) in [7, 11) is -4.45. The summed E-state index contributed by atoms with van der Waals surface area (Å²) in [5.41, 5.74) is -0.157. The highest BCUT2D eigenvalue weighted by molar-refractivity contribution is 7.91. The highest BCUT2D eigenvalue weighted by Crippen LogP contribution is 2.27. The van der Waals surface area contributed by atoms with E-state index in [0.29, 0.717) is 6.42 Å². The second-order valence-electron chi connectivity index (χ2n) is 6.90. The van der Waals surface area contributed by atoms with Crippen molar-refractivity contribution in [3.63, 3.8) is 0 Å². The smallest absolute Gasteiger partial charge is 0.422 e. The van der Waals surface area contributed by atoms with Gasteiger partial charge < -0.3 is 14.8 Å². The summed E-state index contributed by atoms with van der Waals surface area (Å²) < 4.78 is 65.5. The minimum absolute atomic E-state index is 0.00289. The molecule has 35 heavy (non-hydrogen) atoms. The topological polar surface area (TPSA) is 123 Å².